The van der Waals surface area contributed by atoms with Gasteiger partial charge in [-0.05, 0) is 68.0 Å². The Morgan fingerprint density at radius 2 is 1.94 bits per heavy atom. The molecule has 1 saturated carbocycles. The molecule has 1 unspecified atom stereocenters. The third-order valence-electron chi connectivity index (χ3n) is 7.28. The zero-order valence-corrected chi connectivity index (χ0v) is 22.4. The van der Waals surface area contributed by atoms with Crippen LogP contribution in [0.1, 0.15) is 81.4 Å². The van der Waals surface area contributed by atoms with E-state index in [9.17, 15) is 4.79 Å². The Morgan fingerprint density at radius 1 is 1.14 bits per heavy atom. The fourth-order valence-corrected chi connectivity index (χ4v) is 6.00. The van der Waals surface area contributed by atoms with Gasteiger partial charge in [-0.25, -0.2) is 19.7 Å². The number of carbonyl (C=O) groups excluding carboxylic acids is 1. The second kappa shape index (κ2) is 9.88. The van der Waals surface area contributed by atoms with Gasteiger partial charge in [0.15, 0.2) is 0 Å². The molecule has 1 N–H and O–H groups in total. The molecule has 1 aliphatic carbocycles. The summed E-state index contributed by atoms with van der Waals surface area (Å²) >= 11 is 2.00. The van der Waals surface area contributed by atoms with Crippen LogP contribution in [0.5, 0.6) is 5.88 Å². The highest BCUT2D eigenvalue weighted by Crippen LogP contribution is 2.39. The van der Waals surface area contributed by atoms with Crippen molar-refractivity contribution < 1.29 is 14.3 Å². The van der Waals surface area contributed by atoms with E-state index in [4.69, 9.17) is 14.5 Å². The molecular formula is C28H34N4O3S. The maximum absolute atomic E-state index is 12.4. The van der Waals surface area contributed by atoms with E-state index in [0.29, 0.717) is 28.3 Å². The number of fused-ring (bicyclic) bond motifs is 2. The molecule has 36 heavy (non-hydrogen) atoms. The van der Waals surface area contributed by atoms with E-state index < -0.39 is 5.60 Å². The van der Waals surface area contributed by atoms with Crippen molar-refractivity contribution in [3.8, 4) is 5.88 Å². The number of aryl methyl sites for hydroxylation is 1. The predicted molar refractivity (Wildman–Crippen MR) is 145 cm³/mol. The Hall–Kier alpha value is -2.87. The van der Waals surface area contributed by atoms with Gasteiger partial charge >= 0.3 is 5.97 Å². The van der Waals surface area contributed by atoms with Crippen LogP contribution < -0.4 is 10.1 Å². The number of thioether (sulfide) groups is 1. The van der Waals surface area contributed by atoms with Crippen molar-refractivity contribution in [3.05, 3.63) is 47.4 Å². The van der Waals surface area contributed by atoms with E-state index >= 15 is 0 Å². The molecule has 1 atom stereocenters. The van der Waals surface area contributed by atoms with Crippen LogP contribution in [0.15, 0.2) is 30.6 Å². The first-order valence-corrected chi connectivity index (χ1v) is 13.9. The predicted octanol–water partition coefficient (Wildman–Crippen LogP) is 6.44. The maximum atomic E-state index is 12.4. The van der Waals surface area contributed by atoms with Crippen LogP contribution in [0.4, 0.5) is 11.6 Å². The summed E-state index contributed by atoms with van der Waals surface area (Å²) in [4.78, 5) is 26.5. The molecule has 4 heterocycles. The molecule has 0 bridgehead atoms. The molecule has 0 aromatic carbocycles. The lowest BCUT2D eigenvalue weighted by molar-refractivity contribution is -0.0189. The number of anilines is 2. The van der Waals surface area contributed by atoms with Gasteiger partial charge in [0.2, 0.25) is 5.88 Å². The number of ether oxygens (including phenoxy) is 2. The largest absolute Gasteiger partial charge is 0.474 e. The van der Waals surface area contributed by atoms with Crippen LogP contribution in [0.25, 0.3) is 10.8 Å². The van der Waals surface area contributed by atoms with Gasteiger partial charge in [0.1, 0.15) is 23.3 Å². The highest BCUT2D eigenvalue weighted by atomic mass is 32.2. The van der Waals surface area contributed by atoms with Gasteiger partial charge in [0.25, 0.3) is 0 Å². The molecule has 0 radical (unpaired) electrons. The number of rotatable bonds is 8. The number of carbonyl (C=O) groups is 1. The lowest BCUT2D eigenvalue weighted by Gasteiger charge is -2.36. The number of esters is 1. The van der Waals surface area contributed by atoms with Crippen molar-refractivity contribution in [1.29, 1.82) is 0 Å². The van der Waals surface area contributed by atoms with E-state index in [2.05, 4.69) is 29.1 Å². The standard InChI is InChI=1S/C28H34N4O3S/c1-6-8-17-14-30-26(34-18-11-19(12-18)36-7-2)22-15-29-24(13-21(17)22)31-23-10-9-20-25(32-23)16(3)28(4,5)35-27(20)33/h9-10,13-16,18-19H,6-8,11-12H2,1-5H3,(H,29,31,32). The Kier molecular flexibility index (Phi) is 6.81. The molecule has 0 saturated heterocycles. The lowest BCUT2D eigenvalue weighted by Crippen LogP contribution is -2.39. The first-order chi connectivity index (χ1) is 17.3. The first-order valence-electron chi connectivity index (χ1n) is 12.9. The number of cyclic esters (lactones) is 1. The minimum absolute atomic E-state index is 0.0275. The zero-order valence-electron chi connectivity index (χ0n) is 21.6. The molecule has 3 aromatic rings. The van der Waals surface area contributed by atoms with E-state index in [1.54, 1.807) is 12.1 Å². The zero-order chi connectivity index (χ0) is 25.4. The van der Waals surface area contributed by atoms with Crippen molar-refractivity contribution in [2.45, 2.75) is 83.2 Å². The van der Waals surface area contributed by atoms with Gasteiger partial charge in [-0.1, -0.05) is 27.2 Å². The summed E-state index contributed by atoms with van der Waals surface area (Å²) in [7, 11) is 0. The Bertz CT molecular complexity index is 1290. The molecular weight excluding hydrogens is 472 g/mol. The summed E-state index contributed by atoms with van der Waals surface area (Å²) in [5.41, 5.74) is 1.83. The second-order valence-corrected chi connectivity index (χ2v) is 11.8. The van der Waals surface area contributed by atoms with Crippen molar-refractivity contribution in [1.82, 2.24) is 15.0 Å². The van der Waals surface area contributed by atoms with Gasteiger partial charge < -0.3 is 14.8 Å². The van der Waals surface area contributed by atoms with E-state index in [1.165, 1.54) is 5.56 Å². The van der Waals surface area contributed by atoms with Crippen molar-refractivity contribution in [2.75, 3.05) is 11.1 Å². The lowest BCUT2D eigenvalue weighted by atomic mass is 9.84. The van der Waals surface area contributed by atoms with Gasteiger partial charge in [-0.3, -0.25) is 0 Å². The Morgan fingerprint density at radius 3 is 2.69 bits per heavy atom. The summed E-state index contributed by atoms with van der Waals surface area (Å²) in [5, 5.41) is 6.07. The summed E-state index contributed by atoms with van der Waals surface area (Å²) in [6.45, 7) is 10.2. The van der Waals surface area contributed by atoms with E-state index in [0.717, 1.165) is 47.9 Å². The molecule has 0 amide bonds. The summed E-state index contributed by atoms with van der Waals surface area (Å²) in [6, 6.07) is 5.63. The number of hydrogen-bond donors (Lipinski definition) is 1. The summed E-state index contributed by atoms with van der Waals surface area (Å²) in [6.07, 6.45) is 8.09. The number of nitrogens with zero attached hydrogens (tertiary/aromatic N) is 3. The molecule has 190 valence electrons. The number of nitrogens with one attached hydrogen (secondary N) is 1. The normalized spacial score (nSPS) is 22.5. The highest BCUT2D eigenvalue weighted by Gasteiger charge is 2.40. The van der Waals surface area contributed by atoms with Gasteiger partial charge in [0, 0.05) is 23.6 Å². The molecule has 2 aliphatic rings. The topological polar surface area (TPSA) is 86.2 Å². The molecule has 1 aliphatic heterocycles. The smallest absolute Gasteiger partial charge is 0.340 e. The molecule has 3 aromatic heterocycles. The SMILES string of the molecule is CCCc1cnc(OC2CC(SCC)C2)c2cnc(Nc3ccc4c(n3)C(C)C(C)(C)OC4=O)cc12. The van der Waals surface area contributed by atoms with E-state index in [1.807, 2.05) is 51.0 Å². The molecule has 8 heteroatoms. The van der Waals surface area contributed by atoms with Crippen LogP contribution in [0, 0.1) is 0 Å². The maximum Gasteiger partial charge on any atom is 0.340 e. The molecule has 7 nitrogen and oxygen atoms in total. The minimum Gasteiger partial charge on any atom is -0.474 e. The minimum atomic E-state index is -0.606. The van der Waals surface area contributed by atoms with E-state index in [-0.39, 0.29) is 18.0 Å². The van der Waals surface area contributed by atoms with Gasteiger partial charge in [-0.15, -0.1) is 0 Å². The van der Waals surface area contributed by atoms with Gasteiger partial charge in [0.05, 0.1) is 16.6 Å². The average molecular weight is 507 g/mol. The van der Waals surface area contributed by atoms with Crippen molar-refractivity contribution >= 4 is 40.1 Å². The Labute approximate surface area is 216 Å². The monoisotopic (exact) mass is 506 g/mol. The number of pyridine rings is 3. The van der Waals surface area contributed by atoms with Crippen LogP contribution >= 0.6 is 11.8 Å². The first kappa shape index (κ1) is 24.8. The second-order valence-electron chi connectivity index (χ2n) is 10.2. The van der Waals surface area contributed by atoms with Crippen LogP contribution in [-0.2, 0) is 11.2 Å². The number of aromatic nitrogens is 3. The fraction of sp³-hybridized carbons (Fsp3) is 0.500. The fourth-order valence-electron chi connectivity index (χ4n) is 4.83. The third-order valence-corrected chi connectivity index (χ3v) is 8.47. The highest BCUT2D eigenvalue weighted by molar-refractivity contribution is 7.99. The molecule has 1 fully saturated rings. The average Bonchev–Trinajstić information content (AvgIpc) is 2.82. The number of hydrogen-bond acceptors (Lipinski definition) is 8. The quantitative estimate of drug-likeness (QED) is 0.350. The molecule has 5 rings (SSSR count). The van der Waals surface area contributed by atoms with Crippen LogP contribution in [0.3, 0.4) is 0 Å². The van der Waals surface area contributed by atoms with Gasteiger partial charge in [-0.2, -0.15) is 11.8 Å². The van der Waals surface area contributed by atoms with Crippen LogP contribution in [-0.4, -0.2) is 43.6 Å². The molecule has 0 spiro atoms. The summed E-state index contributed by atoms with van der Waals surface area (Å²) < 4.78 is 11.9. The van der Waals surface area contributed by atoms with Crippen LogP contribution in [0.2, 0.25) is 0 Å². The Balaban J connectivity index is 1.42. The third kappa shape index (κ3) is 4.75. The van der Waals surface area contributed by atoms with Crippen molar-refractivity contribution in [3.63, 3.8) is 0 Å². The summed E-state index contributed by atoms with van der Waals surface area (Å²) in [5.74, 6) is 2.79. The van der Waals surface area contributed by atoms with Crippen molar-refractivity contribution in [2.24, 2.45) is 0 Å².